The number of carbonyl (C=O) groups excluding carboxylic acids is 1. The van der Waals surface area contributed by atoms with E-state index in [2.05, 4.69) is 21.6 Å². The second kappa shape index (κ2) is 7.33. The number of nitrogens with zero attached hydrogens (tertiary/aromatic N) is 2. The van der Waals surface area contributed by atoms with Gasteiger partial charge in [-0.15, -0.1) is 5.10 Å². The van der Waals surface area contributed by atoms with Gasteiger partial charge in [-0.1, -0.05) is 23.4 Å². The number of thioether (sulfide) groups is 1. The Kier molecular flexibility index (Phi) is 5.46. The van der Waals surface area contributed by atoms with Gasteiger partial charge in [-0.25, -0.2) is 9.89 Å². The lowest BCUT2D eigenvalue weighted by molar-refractivity contribution is -0.118. The average molecular weight is 296 g/mol. The number of allylic oxidation sites excluding steroid dienone is 1. The number of aromatic nitrogens is 3. The molecule has 0 unspecified atom stereocenters. The van der Waals surface area contributed by atoms with Crippen LogP contribution < -0.4 is 11.0 Å². The Morgan fingerprint density at radius 3 is 3.05 bits per heavy atom. The van der Waals surface area contributed by atoms with Crippen LogP contribution in [0.3, 0.4) is 0 Å². The highest BCUT2D eigenvalue weighted by atomic mass is 32.2. The topological polar surface area (TPSA) is 79.8 Å². The smallest absolute Gasteiger partial charge is 0.343 e. The molecule has 0 saturated heterocycles. The molecule has 6 nitrogen and oxygen atoms in total. The van der Waals surface area contributed by atoms with Crippen LogP contribution in [-0.2, 0) is 11.8 Å². The third-order valence-electron chi connectivity index (χ3n) is 3.32. The lowest BCUT2D eigenvalue weighted by Crippen LogP contribution is -2.26. The van der Waals surface area contributed by atoms with E-state index in [4.69, 9.17) is 0 Å². The molecule has 0 spiro atoms. The minimum absolute atomic E-state index is 0.0261. The Morgan fingerprint density at radius 1 is 1.55 bits per heavy atom. The molecule has 7 heteroatoms. The first-order valence-electron chi connectivity index (χ1n) is 6.85. The summed E-state index contributed by atoms with van der Waals surface area (Å²) in [6.45, 7) is 0.685. The van der Waals surface area contributed by atoms with Crippen molar-refractivity contribution in [2.24, 2.45) is 7.05 Å². The normalized spacial score (nSPS) is 14.9. The molecule has 1 heterocycles. The minimum Gasteiger partial charge on any atom is -0.355 e. The SMILES string of the molecule is Cn1c(SCC(=O)NCCC2=CCCCC2)n[nH]c1=O. The molecular weight excluding hydrogens is 276 g/mol. The van der Waals surface area contributed by atoms with Gasteiger partial charge in [-0.05, 0) is 32.1 Å². The summed E-state index contributed by atoms with van der Waals surface area (Å²) in [4.78, 5) is 22.9. The lowest BCUT2D eigenvalue weighted by atomic mass is 9.97. The van der Waals surface area contributed by atoms with E-state index in [1.807, 2.05) is 0 Å². The number of amides is 1. The van der Waals surface area contributed by atoms with Crippen LogP contribution >= 0.6 is 11.8 Å². The second-order valence-corrected chi connectivity index (χ2v) is 5.81. The summed E-state index contributed by atoms with van der Waals surface area (Å²) in [6, 6.07) is 0. The van der Waals surface area contributed by atoms with Crippen LogP contribution in [0, 0.1) is 0 Å². The molecule has 20 heavy (non-hydrogen) atoms. The van der Waals surface area contributed by atoms with Crippen molar-refractivity contribution >= 4 is 17.7 Å². The van der Waals surface area contributed by atoms with Crippen LogP contribution in [0.5, 0.6) is 0 Å². The molecule has 0 radical (unpaired) electrons. The van der Waals surface area contributed by atoms with Gasteiger partial charge in [0.05, 0.1) is 5.75 Å². The summed E-state index contributed by atoms with van der Waals surface area (Å²) in [5.74, 6) is 0.249. The van der Waals surface area contributed by atoms with Gasteiger partial charge in [0.25, 0.3) is 0 Å². The number of hydrogen-bond acceptors (Lipinski definition) is 4. The largest absolute Gasteiger partial charge is 0.355 e. The zero-order chi connectivity index (χ0) is 14.4. The maximum atomic E-state index is 11.7. The number of aromatic amines is 1. The van der Waals surface area contributed by atoms with Gasteiger partial charge in [-0.2, -0.15) is 0 Å². The summed E-state index contributed by atoms with van der Waals surface area (Å²) in [7, 11) is 1.63. The standard InChI is InChI=1S/C13H20N4O2S/c1-17-12(19)15-16-13(17)20-9-11(18)14-8-7-10-5-3-2-4-6-10/h5H,2-4,6-9H2,1H3,(H,14,18)(H,15,19). The Labute approximate surface area is 122 Å². The highest BCUT2D eigenvalue weighted by Gasteiger charge is 2.09. The maximum absolute atomic E-state index is 11.7. The summed E-state index contributed by atoms with van der Waals surface area (Å²) in [5, 5.41) is 9.61. The summed E-state index contributed by atoms with van der Waals surface area (Å²) in [6.07, 6.45) is 8.13. The van der Waals surface area contributed by atoms with Gasteiger partial charge in [-0.3, -0.25) is 9.36 Å². The van der Waals surface area contributed by atoms with Gasteiger partial charge in [0.1, 0.15) is 0 Å². The third-order valence-corrected chi connectivity index (χ3v) is 4.35. The Bertz CT molecular complexity index is 547. The van der Waals surface area contributed by atoms with Gasteiger partial charge in [0.2, 0.25) is 5.91 Å². The zero-order valence-corrected chi connectivity index (χ0v) is 12.5. The number of rotatable bonds is 6. The molecular formula is C13H20N4O2S. The quantitative estimate of drug-likeness (QED) is 0.611. The molecule has 2 rings (SSSR count). The van der Waals surface area contributed by atoms with Crippen molar-refractivity contribution in [1.29, 1.82) is 0 Å². The van der Waals surface area contributed by atoms with Crippen molar-refractivity contribution in [2.75, 3.05) is 12.3 Å². The van der Waals surface area contributed by atoms with Crippen LogP contribution in [0.1, 0.15) is 32.1 Å². The number of nitrogens with one attached hydrogen (secondary N) is 2. The summed E-state index contributed by atoms with van der Waals surface area (Å²) in [5.41, 5.74) is 1.19. The molecule has 1 aromatic heterocycles. The summed E-state index contributed by atoms with van der Waals surface area (Å²) >= 11 is 1.26. The Hall–Kier alpha value is -1.50. The first-order valence-corrected chi connectivity index (χ1v) is 7.84. The molecule has 110 valence electrons. The maximum Gasteiger partial charge on any atom is 0.343 e. The first-order chi connectivity index (χ1) is 9.66. The van der Waals surface area contributed by atoms with Crippen LogP contribution in [0.4, 0.5) is 0 Å². The van der Waals surface area contributed by atoms with E-state index in [0.29, 0.717) is 11.7 Å². The fraction of sp³-hybridized carbons (Fsp3) is 0.615. The second-order valence-electron chi connectivity index (χ2n) is 4.87. The van der Waals surface area contributed by atoms with Crippen LogP contribution in [0.2, 0.25) is 0 Å². The fourth-order valence-electron chi connectivity index (χ4n) is 2.14. The molecule has 0 atom stereocenters. The van der Waals surface area contributed by atoms with Crippen molar-refractivity contribution in [3.8, 4) is 0 Å². The number of H-pyrrole nitrogens is 1. The van der Waals surface area contributed by atoms with Crippen LogP contribution in [0.25, 0.3) is 0 Å². The zero-order valence-electron chi connectivity index (χ0n) is 11.6. The Morgan fingerprint density at radius 2 is 2.40 bits per heavy atom. The van der Waals surface area contributed by atoms with E-state index in [9.17, 15) is 9.59 Å². The molecule has 1 aromatic rings. The molecule has 0 aliphatic heterocycles. The molecule has 1 aliphatic rings. The van der Waals surface area contributed by atoms with Crippen molar-refractivity contribution in [3.63, 3.8) is 0 Å². The van der Waals surface area contributed by atoms with E-state index >= 15 is 0 Å². The van der Waals surface area contributed by atoms with Crippen molar-refractivity contribution in [2.45, 2.75) is 37.3 Å². The van der Waals surface area contributed by atoms with Gasteiger partial charge < -0.3 is 5.32 Å². The predicted octanol–water partition coefficient (Wildman–Crippen LogP) is 1.21. The third kappa shape index (κ3) is 4.26. The minimum atomic E-state index is -0.267. The molecule has 2 N–H and O–H groups in total. The van der Waals surface area contributed by atoms with Crippen molar-refractivity contribution in [1.82, 2.24) is 20.1 Å². The van der Waals surface area contributed by atoms with E-state index in [-0.39, 0.29) is 17.3 Å². The van der Waals surface area contributed by atoms with E-state index in [0.717, 1.165) is 6.42 Å². The number of hydrogen-bond donors (Lipinski definition) is 2. The first kappa shape index (κ1) is 14.9. The summed E-state index contributed by atoms with van der Waals surface area (Å²) < 4.78 is 1.39. The molecule has 0 bridgehead atoms. The highest BCUT2D eigenvalue weighted by Crippen LogP contribution is 2.19. The average Bonchev–Trinajstić information content (AvgIpc) is 2.78. The predicted molar refractivity (Wildman–Crippen MR) is 78.7 cm³/mol. The van der Waals surface area contributed by atoms with Gasteiger partial charge >= 0.3 is 5.69 Å². The molecule has 1 aliphatic carbocycles. The van der Waals surface area contributed by atoms with Crippen LogP contribution in [0.15, 0.2) is 21.6 Å². The van der Waals surface area contributed by atoms with E-state index in [1.165, 1.54) is 47.6 Å². The molecule has 0 aromatic carbocycles. The monoisotopic (exact) mass is 296 g/mol. The molecule has 0 fully saturated rings. The van der Waals surface area contributed by atoms with Crippen molar-refractivity contribution < 1.29 is 4.79 Å². The molecule has 0 saturated carbocycles. The molecule has 1 amide bonds. The Balaban J connectivity index is 1.66. The van der Waals surface area contributed by atoms with E-state index in [1.54, 1.807) is 7.05 Å². The van der Waals surface area contributed by atoms with Gasteiger partial charge in [0.15, 0.2) is 5.16 Å². The van der Waals surface area contributed by atoms with E-state index < -0.39 is 0 Å². The number of carbonyl (C=O) groups is 1. The lowest BCUT2D eigenvalue weighted by Gasteiger charge is -2.12. The van der Waals surface area contributed by atoms with Crippen LogP contribution in [-0.4, -0.2) is 33.0 Å². The highest BCUT2D eigenvalue weighted by molar-refractivity contribution is 7.99. The fourth-order valence-corrected chi connectivity index (χ4v) is 2.89. The van der Waals surface area contributed by atoms with Crippen molar-refractivity contribution in [3.05, 3.63) is 22.1 Å². The van der Waals surface area contributed by atoms with Gasteiger partial charge in [0, 0.05) is 13.6 Å².